The molecule has 0 unspecified atom stereocenters. The summed E-state index contributed by atoms with van der Waals surface area (Å²) < 4.78 is 102. The van der Waals surface area contributed by atoms with Gasteiger partial charge < -0.3 is 5.32 Å². The second-order valence-corrected chi connectivity index (χ2v) is 9.50. The lowest BCUT2D eigenvalue weighted by molar-refractivity contribution is -0.141. The molecule has 1 heterocycles. The Morgan fingerprint density at radius 3 is 2.32 bits per heavy atom. The zero-order valence-electron chi connectivity index (χ0n) is 16.0. The van der Waals surface area contributed by atoms with Gasteiger partial charge in [0.2, 0.25) is 0 Å². The van der Waals surface area contributed by atoms with Gasteiger partial charge in [-0.25, -0.2) is 8.42 Å². The summed E-state index contributed by atoms with van der Waals surface area (Å²) in [5.41, 5.74) is -2.58. The van der Waals surface area contributed by atoms with Crippen LogP contribution in [-0.4, -0.2) is 35.9 Å². The molecular formula is C18H17F6N3O3S. The molecule has 13 heteroatoms. The van der Waals surface area contributed by atoms with Crippen molar-refractivity contribution in [1.82, 2.24) is 15.1 Å². The van der Waals surface area contributed by atoms with Crippen molar-refractivity contribution in [1.29, 1.82) is 0 Å². The molecule has 170 valence electrons. The van der Waals surface area contributed by atoms with E-state index in [0.29, 0.717) is 12.1 Å². The Kier molecular flexibility index (Phi) is 5.84. The quantitative estimate of drug-likeness (QED) is 0.681. The highest BCUT2D eigenvalue weighted by molar-refractivity contribution is 7.92. The molecule has 31 heavy (non-hydrogen) atoms. The summed E-state index contributed by atoms with van der Waals surface area (Å²) in [5.74, 6) is -1.07. The molecule has 0 atom stereocenters. The summed E-state index contributed by atoms with van der Waals surface area (Å²) in [7, 11) is -2.79. The van der Waals surface area contributed by atoms with Crippen molar-refractivity contribution < 1.29 is 39.6 Å². The molecule has 0 aliphatic heterocycles. The number of carbonyl (C=O) groups excluding carboxylic acids is 1. The largest absolute Gasteiger partial charge is 0.435 e. The second-order valence-electron chi connectivity index (χ2n) is 7.28. The summed E-state index contributed by atoms with van der Waals surface area (Å²) in [4.78, 5) is 11.7. The van der Waals surface area contributed by atoms with Crippen molar-refractivity contribution >= 4 is 15.7 Å². The number of hydrogen-bond acceptors (Lipinski definition) is 4. The first-order valence-corrected chi connectivity index (χ1v) is 10.5. The van der Waals surface area contributed by atoms with Crippen LogP contribution in [0.25, 0.3) is 0 Å². The molecule has 1 amide bonds. The first-order valence-electron chi connectivity index (χ1n) is 9.00. The third-order valence-corrected chi connectivity index (χ3v) is 7.25. The van der Waals surface area contributed by atoms with E-state index in [1.54, 1.807) is 0 Å². The van der Waals surface area contributed by atoms with Gasteiger partial charge in [-0.1, -0.05) is 6.07 Å². The molecule has 0 radical (unpaired) electrons. The van der Waals surface area contributed by atoms with E-state index in [1.807, 2.05) is 0 Å². The maximum Gasteiger partial charge on any atom is 0.435 e. The Balaban J connectivity index is 1.58. The Morgan fingerprint density at radius 2 is 1.77 bits per heavy atom. The monoisotopic (exact) mass is 469 g/mol. The summed E-state index contributed by atoms with van der Waals surface area (Å²) in [5, 5.41) is 4.78. The second kappa shape index (κ2) is 7.84. The van der Waals surface area contributed by atoms with E-state index in [2.05, 4.69) is 10.4 Å². The van der Waals surface area contributed by atoms with Crippen LogP contribution in [0, 0.1) is 5.92 Å². The van der Waals surface area contributed by atoms with Gasteiger partial charge in [-0.15, -0.1) is 0 Å². The summed E-state index contributed by atoms with van der Waals surface area (Å²) in [6.45, 7) is 0.0139. The SMILES string of the molecule is Cn1nc(C(F)(F)F)cc1C(=O)NCC1CC(S(=O)(=O)c2cccc(C(F)(F)F)c2)C1. The number of hydrogen-bond donors (Lipinski definition) is 1. The molecule has 1 aromatic heterocycles. The maximum absolute atomic E-state index is 12.8. The molecule has 2 aromatic rings. The number of aromatic nitrogens is 2. The van der Waals surface area contributed by atoms with E-state index in [4.69, 9.17) is 0 Å². The van der Waals surface area contributed by atoms with E-state index in [9.17, 15) is 39.6 Å². The van der Waals surface area contributed by atoms with Gasteiger partial charge in [0, 0.05) is 19.7 Å². The Bertz CT molecular complexity index is 1090. The fraction of sp³-hybridized carbons (Fsp3) is 0.444. The molecule has 0 spiro atoms. The standard InChI is InChI=1S/C18H17F6N3O3S/c1-27-14(8-15(26-27)18(22,23)24)16(28)25-9-10-5-13(6-10)31(29,30)12-4-2-3-11(7-12)17(19,20)21/h2-4,7-8,10,13H,5-6,9H2,1H3,(H,25,28). The molecular weight excluding hydrogens is 452 g/mol. The molecule has 1 aliphatic rings. The van der Waals surface area contributed by atoms with Gasteiger partial charge in [0.15, 0.2) is 15.5 Å². The molecule has 0 saturated heterocycles. The summed E-state index contributed by atoms with van der Waals surface area (Å²) in [6.07, 6.45) is -9.15. The minimum Gasteiger partial charge on any atom is -0.350 e. The van der Waals surface area contributed by atoms with E-state index in [1.165, 1.54) is 7.05 Å². The van der Waals surface area contributed by atoms with Gasteiger partial charge in [-0.05, 0) is 37.0 Å². The number of nitrogens with one attached hydrogen (secondary N) is 1. The van der Waals surface area contributed by atoms with Crippen molar-refractivity contribution in [3.8, 4) is 0 Å². The van der Waals surface area contributed by atoms with Gasteiger partial charge in [0.05, 0.1) is 15.7 Å². The highest BCUT2D eigenvalue weighted by atomic mass is 32.2. The highest BCUT2D eigenvalue weighted by Crippen LogP contribution is 2.38. The minimum atomic E-state index is -4.70. The average Bonchev–Trinajstić information content (AvgIpc) is 3.01. The zero-order valence-corrected chi connectivity index (χ0v) is 16.8. The lowest BCUT2D eigenvalue weighted by Gasteiger charge is -2.35. The van der Waals surface area contributed by atoms with Crippen molar-refractivity contribution in [3.05, 3.63) is 47.3 Å². The molecule has 1 saturated carbocycles. The van der Waals surface area contributed by atoms with Gasteiger partial charge in [0.25, 0.3) is 5.91 Å². The zero-order chi connectivity index (χ0) is 23.2. The summed E-state index contributed by atoms with van der Waals surface area (Å²) >= 11 is 0. The average molecular weight is 469 g/mol. The smallest absolute Gasteiger partial charge is 0.350 e. The van der Waals surface area contributed by atoms with Crippen LogP contribution in [0.5, 0.6) is 0 Å². The number of benzene rings is 1. The van der Waals surface area contributed by atoms with Crippen molar-refractivity contribution in [2.45, 2.75) is 35.3 Å². The predicted molar refractivity (Wildman–Crippen MR) is 95.7 cm³/mol. The van der Waals surface area contributed by atoms with Crippen LogP contribution in [0.4, 0.5) is 26.3 Å². The molecule has 1 aliphatic carbocycles. The number of sulfone groups is 1. The third-order valence-electron chi connectivity index (χ3n) is 5.08. The molecule has 0 bridgehead atoms. The topological polar surface area (TPSA) is 81.1 Å². The number of aryl methyl sites for hydroxylation is 1. The Morgan fingerprint density at radius 1 is 1.13 bits per heavy atom. The minimum absolute atomic E-state index is 0.0139. The van der Waals surface area contributed by atoms with Crippen molar-refractivity contribution in [2.75, 3.05) is 6.54 Å². The van der Waals surface area contributed by atoms with E-state index in [0.717, 1.165) is 22.9 Å². The van der Waals surface area contributed by atoms with E-state index >= 15 is 0 Å². The van der Waals surface area contributed by atoms with Crippen molar-refractivity contribution in [2.24, 2.45) is 13.0 Å². The molecule has 1 fully saturated rings. The number of nitrogens with zero attached hydrogens (tertiary/aromatic N) is 2. The maximum atomic E-state index is 12.8. The van der Waals surface area contributed by atoms with Crippen LogP contribution in [-0.2, 0) is 29.2 Å². The van der Waals surface area contributed by atoms with Gasteiger partial charge in [-0.2, -0.15) is 31.4 Å². The first kappa shape index (κ1) is 23.1. The first-order chi connectivity index (χ1) is 14.2. The van der Waals surface area contributed by atoms with Crippen LogP contribution in [0.3, 0.4) is 0 Å². The fourth-order valence-corrected chi connectivity index (χ4v) is 5.28. The van der Waals surface area contributed by atoms with Crippen LogP contribution in [0.2, 0.25) is 0 Å². The van der Waals surface area contributed by atoms with Gasteiger partial charge in [0.1, 0.15) is 5.69 Å². The van der Waals surface area contributed by atoms with Crippen molar-refractivity contribution in [3.63, 3.8) is 0 Å². The fourth-order valence-electron chi connectivity index (χ4n) is 3.28. The van der Waals surface area contributed by atoms with Crippen LogP contribution >= 0.6 is 0 Å². The number of carbonyl (C=O) groups is 1. The molecule has 1 N–H and O–H groups in total. The van der Waals surface area contributed by atoms with E-state index < -0.39 is 49.5 Å². The normalized spacial score (nSPS) is 19.7. The Hall–Kier alpha value is -2.57. The van der Waals surface area contributed by atoms with Crippen LogP contribution < -0.4 is 5.32 Å². The number of rotatable bonds is 5. The molecule has 3 rings (SSSR count). The van der Waals surface area contributed by atoms with Crippen LogP contribution in [0.15, 0.2) is 35.2 Å². The predicted octanol–water partition coefficient (Wildman–Crippen LogP) is 3.44. The number of alkyl halides is 6. The lowest BCUT2D eigenvalue weighted by Crippen LogP contribution is -2.42. The highest BCUT2D eigenvalue weighted by Gasteiger charge is 2.41. The molecule has 1 aromatic carbocycles. The third kappa shape index (κ3) is 4.86. The molecule has 6 nitrogen and oxygen atoms in total. The number of halogens is 6. The Labute approximate surface area is 173 Å². The van der Waals surface area contributed by atoms with Gasteiger partial charge >= 0.3 is 12.4 Å². The van der Waals surface area contributed by atoms with Gasteiger partial charge in [-0.3, -0.25) is 9.48 Å². The number of amides is 1. The van der Waals surface area contributed by atoms with E-state index in [-0.39, 0.29) is 31.0 Å². The summed E-state index contributed by atoms with van der Waals surface area (Å²) in [6, 6.07) is 4.10. The lowest BCUT2D eigenvalue weighted by atomic mass is 9.85. The van der Waals surface area contributed by atoms with Crippen LogP contribution in [0.1, 0.15) is 34.6 Å².